The highest BCUT2D eigenvalue weighted by Gasteiger charge is 2.11. The molecule has 0 radical (unpaired) electrons. The van der Waals surface area contributed by atoms with Crippen molar-refractivity contribution < 1.29 is 9.53 Å². The number of hydrogen-bond donors (Lipinski definition) is 2. The first kappa shape index (κ1) is 22.3. The lowest BCUT2D eigenvalue weighted by atomic mass is 10.2. The van der Waals surface area contributed by atoms with Gasteiger partial charge in [-0.05, 0) is 63.5 Å². The standard InChI is InChI=1S/C23H20BrClN2O2S/c24-19-14-17(10-11-21(19)29-13-12-16-6-2-1-3-7-16)22(28)27-23(30)26-15-18-8-4-5-9-20(18)25/h1-11,14H,12-13,15H2,(H2,26,27,28,30). The van der Waals surface area contributed by atoms with Gasteiger partial charge in [0, 0.05) is 23.6 Å². The van der Waals surface area contributed by atoms with Crippen LogP contribution in [0.5, 0.6) is 5.75 Å². The van der Waals surface area contributed by atoms with Gasteiger partial charge < -0.3 is 10.1 Å². The molecule has 0 saturated heterocycles. The van der Waals surface area contributed by atoms with Crippen molar-refractivity contribution in [3.05, 3.63) is 99.0 Å². The van der Waals surface area contributed by atoms with E-state index in [0.717, 1.165) is 12.0 Å². The summed E-state index contributed by atoms with van der Waals surface area (Å²) in [6.45, 7) is 0.973. The molecule has 0 aliphatic rings. The maximum Gasteiger partial charge on any atom is 0.257 e. The number of nitrogens with one attached hydrogen (secondary N) is 2. The minimum atomic E-state index is -0.303. The van der Waals surface area contributed by atoms with E-state index >= 15 is 0 Å². The van der Waals surface area contributed by atoms with Gasteiger partial charge in [-0.2, -0.15) is 0 Å². The van der Waals surface area contributed by atoms with Crippen LogP contribution in [0.4, 0.5) is 0 Å². The van der Waals surface area contributed by atoms with Gasteiger partial charge in [-0.3, -0.25) is 10.1 Å². The second kappa shape index (κ2) is 11.1. The number of carbonyl (C=O) groups excluding carboxylic acids is 1. The van der Waals surface area contributed by atoms with Crippen molar-refractivity contribution in [2.45, 2.75) is 13.0 Å². The van der Waals surface area contributed by atoms with E-state index in [-0.39, 0.29) is 11.0 Å². The summed E-state index contributed by atoms with van der Waals surface area (Å²) in [4.78, 5) is 12.5. The highest BCUT2D eigenvalue weighted by atomic mass is 79.9. The van der Waals surface area contributed by atoms with Crippen molar-refractivity contribution in [1.82, 2.24) is 10.6 Å². The molecule has 154 valence electrons. The Morgan fingerprint density at radius 2 is 1.77 bits per heavy atom. The van der Waals surface area contributed by atoms with Crippen molar-refractivity contribution >= 4 is 50.8 Å². The van der Waals surface area contributed by atoms with Crippen LogP contribution in [0.15, 0.2) is 77.3 Å². The number of benzene rings is 3. The molecule has 2 N–H and O–H groups in total. The first-order valence-corrected chi connectivity index (χ1v) is 10.9. The number of halogens is 2. The van der Waals surface area contributed by atoms with Gasteiger partial charge in [-0.1, -0.05) is 60.1 Å². The Labute approximate surface area is 194 Å². The fourth-order valence-corrected chi connectivity index (χ4v) is 3.58. The van der Waals surface area contributed by atoms with E-state index in [9.17, 15) is 4.79 Å². The molecule has 4 nitrogen and oxygen atoms in total. The van der Waals surface area contributed by atoms with E-state index in [1.54, 1.807) is 24.3 Å². The molecule has 7 heteroatoms. The number of hydrogen-bond acceptors (Lipinski definition) is 3. The van der Waals surface area contributed by atoms with Crippen LogP contribution in [-0.2, 0) is 13.0 Å². The van der Waals surface area contributed by atoms with Crippen LogP contribution in [0.1, 0.15) is 21.5 Å². The molecule has 3 rings (SSSR count). The molecule has 30 heavy (non-hydrogen) atoms. The zero-order valence-electron chi connectivity index (χ0n) is 16.0. The highest BCUT2D eigenvalue weighted by Crippen LogP contribution is 2.26. The second-order valence-electron chi connectivity index (χ2n) is 6.46. The van der Waals surface area contributed by atoms with Crippen LogP contribution in [0, 0.1) is 0 Å². The van der Waals surface area contributed by atoms with Gasteiger partial charge >= 0.3 is 0 Å². The van der Waals surface area contributed by atoms with Gasteiger partial charge in [-0.15, -0.1) is 0 Å². The number of thiocarbonyl (C=S) groups is 1. The molecule has 0 aliphatic carbocycles. The van der Waals surface area contributed by atoms with Gasteiger partial charge in [0.15, 0.2) is 5.11 Å². The van der Waals surface area contributed by atoms with E-state index in [2.05, 4.69) is 38.7 Å². The molecule has 0 atom stereocenters. The van der Waals surface area contributed by atoms with E-state index in [1.807, 2.05) is 36.4 Å². The summed E-state index contributed by atoms with van der Waals surface area (Å²) in [6, 6.07) is 22.8. The smallest absolute Gasteiger partial charge is 0.257 e. The van der Waals surface area contributed by atoms with E-state index < -0.39 is 0 Å². The Balaban J connectivity index is 1.50. The van der Waals surface area contributed by atoms with Gasteiger partial charge in [0.1, 0.15) is 5.75 Å². The molecule has 3 aromatic carbocycles. The summed E-state index contributed by atoms with van der Waals surface area (Å²) in [7, 11) is 0. The van der Waals surface area contributed by atoms with Crippen LogP contribution in [0.2, 0.25) is 5.02 Å². The number of rotatable bonds is 7. The zero-order valence-corrected chi connectivity index (χ0v) is 19.2. The predicted molar refractivity (Wildman–Crippen MR) is 128 cm³/mol. The molecular weight excluding hydrogens is 484 g/mol. The van der Waals surface area contributed by atoms with Crippen LogP contribution in [-0.4, -0.2) is 17.6 Å². The lowest BCUT2D eigenvalue weighted by Gasteiger charge is -2.12. The Morgan fingerprint density at radius 3 is 2.50 bits per heavy atom. The molecule has 0 unspecified atom stereocenters. The molecule has 0 aromatic heterocycles. The minimum Gasteiger partial charge on any atom is -0.492 e. The Morgan fingerprint density at radius 1 is 1.03 bits per heavy atom. The number of amides is 1. The van der Waals surface area contributed by atoms with Gasteiger partial charge in [0.25, 0.3) is 5.91 Å². The first-order valence-electron chi connectivity index (χ1n) is 9.32. The topological polar surface area (TPSA) is 50.4 Å². The maximum absolute atomic E-state index is 12.5. The van der Waals surface area contributed by atoms with Gasteiger partial charge in [-0.25, -0.2) is 0 Å². The Hall–Kier alpha value is -2.41. The lowest BCUT2D eigenvalue weighted by molar-refractivity contribution is 0.0976. The van der Waals surface area contributed by atoms with Crippen LogP contribution < -0.4 is 15.4 Å². The summed E-state index contributed by atoms with van der Waals surface area (Å²) >= 11 is 14.8. The molecule has 0 saturated carbocycles. The SMILES string of the molecule is O=C(NC(=S)NCc1ccccc1Cl)c1ccc(OCCc2ccccc2)c(Br)c1. The minimum absolute atomic E-state index is 0.235. The number of carbonyl (C=O) groups is 1. The van der Waals surface area contributed by atoms with Crippen molar-refractivity contribution in [3.63, 3.8) is 0 Å². The monoisotopic (exact) mass is 502 g/mol. The second-order valence-corrected chi connectivity index (χ2v) is 8.13. The highest BCUT2D eigenvalue weighted by molar-refractivity contribution is 9.10. The van der Waals surface area contributed by atoms with E-state index in [1.165, 1.54) is 5.56 Å². The normalized spacial score (nSPS) is 10.3. The van der Waals surface area contributed by atoms with Crippen molar-refractivity contribution in [3.8, 4) is 5.75 Å². The maximum atomic E-state index is 12.5. The summed E-state index contributed by atoms with van der Waals surface area (Å²) in [5.74, 6) is 0.380. The fourth-order valence-electron chi connectivity index (χ4n) is 2.72. The molecule has 1 amide bonds. The average molecular weight is 504 g/mol. The first-order chi connectivity index (χ1) is 14.5. The van der Waals surface area contributed by atoms with E-state index in [4.69, 9.17) is 28.6 Å². The van der Waals surface area contributed by atoms with Crippen molar-refractivity contribution in [1.29, 1.82) is 0 Å². The molecule has 0 bridgehead atoms. The van der Waals surface area contributed by atoms with Gasteiger partial charge in [0.2, 0.25) is 0 Å². The Bertz CT molecular complexity index is 1030. The van der Waals surface area contributed by atoms with Crippen LogP contribution in [0.3, 0.4) is 0 Å². The van der Waals surface area contributed by atoms with Crippen LogP contribution >= 0.6 is 39.7 Å². The average Bonchev–Trinajstić information content (AvgIpc) is 2.75. The van der Waals surface area contributed by atoms with Crippen molar-refractivity contribution in [2.24, 2.45) is 0 Å². The summed E-state index contributed by atoms with van der Waals surface area (Å²) in [6.07, 6.45) is 0.806. The lowest BCUT2D eigenvalue weighted by Crippen LogP contribution is -2.38. The molecular formula is C23H20BrClN2O2S. The zero-order chi connectivity index (χ0) is 21.3. The third kappa shape index (κ3) is 6.55. The molecule has 0 aliphatic heterocycles. The quantitative estimate of drug-likeness (QED) is 0.416. The third-order valence-electron chi connectivity index (χ3n) is 4.31. The fraction of sp³-hybridized carbons (Fsp3) is 0.130. The molecule has 3 aromatic rings. The molecule has 0 fully saturated rings. The summed E-state index contributed by atoms with van der Waals surface area (Å²) in [5, 5.41) is 6.54. The predicted octanol–water partition coefficient (Wildman–Crippen LogP) is 5.53. The van der Waals surface area contributed by atoms with E-state index in [0.29, 0.717) is 34.0 Å². The Kier molecular flexibility index (Phi) is 8.25. The van der Waals surface area contributed by atoms with Gasteiger partial charge in [0.05, 0.1) is 11.1 Å². The summed E-state index contributed by atoms with van der Waals surface area (Å²) in [5.41, 5.74) is 2.58. The summed E-state index contributed by atoms with van der Waals surface area (Å²) < 4.78 is 6.53. The largest absolute Gasteiger partial charge is 0.492 e. The third-order valence-corrected chi connectivity index (χ3v) is 5.54. The number of ether oxygens (including phenoxy) is 1. The molecule has 0 spiro atoms. The van der Waals surface area contributed by atoms with Crippen molar-refractivity contribution in [2.75, 3.05) is 6.61 Å². The molecule has 0 heterocycles. The van der Waals surface area contributed by atoms with Crippen LogP contribution in [0.25, 0.3) is 0 Å².